The number of nitrogens with zero attached hydrogens (tertiary/aromatic N) is 2. The van der Waals surface area contributed by atoms with E-state index in [2.05, 4.69) is 10.1 Å². The third-order valence-corrected chi connectivity index (χ3v) is 3.06. The van der Waals surface area contributed by atoms with Crippen LogP contribution in [0.4, 0.5) is 4.39 Å². The summed E-state index contributed by atoms with van der Waals surface area (Å²) >= 11 is 0. The molecule has 2 rings (SSSR count). The fourth-order valence-electron chi connectivity index (χ4n) is 1.67. The first-order valence-corrected chi connectivity index (χ1v) is 6.40. The van der Waals surface area contributed by atoms with Gasteiger partial charge in [0, 0.05) is 11.0 Å². The number of carbonyl (C=O) groups excluding carboxylic acids is 1. The lowest BCUT2D eigenvalue weighted by atomic mass is 9.89. The second kappa shape index (κ2) is 5.15. The Morgan fingerprint density at radius 1 is 1.35 bits per heavy atom. The highest BCUT2D eigenvalue weighted by molar-refractivity contribution is 5.85. The lowest BCUT2D eigenvalue weighted by Crippen LogP contribution is -2.22. The molecule has 0 saturated carbocycles. The SMILES string of the molecule is Cc1ccc(F)cc1-c1noc(CC(=O)C(C)(C)C)n1. The molecule has 2 aromatic rings. The van der Waals surface area contributed by atoms with Crippen molar-refractivity contribution >= 4 is 5.78 Å². The highest BCUT2D eigenvalue weighted by atomic mass is 19.1. The lowest BCUT2D eigenvalue weighted by molar-refractivity contribution is -0.125. The molecule has 1 aromatic heterocycles. The summed E-state index contributed by atoms with van der Waals surface area (Å²) < 4.78 is 18.3. The highest BCUT2D eigenvalue weighted by Gasteiger charge is 2.24. The number of hydrogen-bond acceptors (Lipinski definition) is 4. The zero-order valence-corrected chi connectivity index (χ0v) is 12.0. The van der Waals surface area contributed by atoms with Crippen molar-refractivity contribution in [2.75, 3.05) is 0 Å². The molecule has 0 atom stereocenters. The van der Waals surface area contributed by atoms with E-state index in [1.807, 2.05) is 27.7 Å². The van der Waals surface area contributed by atoms with Gasteiger partial charge in [-0.2, -0.15) is 4.98 Å². The molecule has 0 unspecified atom stereocenters. The van der Waals surface area contributed by atoms with Crippen molar-refractivity contribution in [2.45, 2.75) is 34.1 Å². The minimum atomic E-state index is -0.455. The van der Waals surface area contributed by atoms with Crippen molar-refractivity contribution in [3.8, 4) is 11.4 Å². The van der Waals surface area contributed by atoms with Crippen LogP contribution in [-0.2, 0) is 11.2 Å². The van der Waals surface area contributed by atoms with E-state index < -0.39 is 5.41 Å². The molecule has 106 valence electrons. The normalized spacial score (nSPS) is 11.7. The summed E-state index contributed by atoms with van der Waals surface area (Å²) in [5.74, 6) is 0.216. The van der Waals surface area contributed by atoms with E-state index in [1.165, 1.54) is 12.1 Å². The smallest absolute Gasteiger partial charge is 0.234 e. The molecule has 0 radical (unpaired) electrons. The maximum Gasteiger partial charge on any atom is 0.234 e. The monoisotopic (exact) mass is 276 g/mol. The van der Waals surface area contributed by atoms with Crippen molar-refractivity contribution < 1.29 is 13.7 Å². The molecule has 5 heteroatoms. The summed E-state index contributed by atoms with van der Waals surface area (Å²) in [5.41, 5.74) is 0.966. The third-order valence-electron chi connectivity index (χ3n) is 3.06. The topological polar surface area (TPSA) is 56.0 Å². The van der Waals surface area contributed by atoms with E-state index >= 15 is 0 Å². The van der Waals surface area contributed by atoms with Crippen LogP contribution in [0, 0.1) is 18.2 Å². The van der Waals surface area contributed by atoms with E-state index in [4.69, 9.17) is 4.52 Å². The predicted molar refractivity (Wildman–Crippen MR) is 72.6 cm³/mol. The predicted octanol–water partition coefficient (Wildman–Crippen LogP) is 3.34. The lowest BCUT2D eigenvalue weighted by Gasteiger charge is -2.14. The quantitative estimate of drug-likeness (QED) is 0.862. The molecule has 0 aliphatic carbocycles. The van der Waals surface area contributed by atoms with Gasteiger partial charge in [-0.1, -0.05) is 32.0 Å². The van der Waals surface area contributed by atoms with Crippen molar-refractivity contribution in [1.29, 1.82) is 0 Å². The van der Waals surface area contributed by atoms with Crippen molar-refractivity contribution in [3.05, 3.63) is 35.5 Å². The van der Waals surface area contributed by atoms with Crippen LogP contribution in [0.15, 0.2) is 22.7 Å². The van der Waals surface area contributed by atoms with Gasteiger partial charge in [-0.3, -0.25) is 4.79 Å². The van der Waals surface area contributed by atoms with Gasteiger partial charge in [0.05, 0.1) is 6.42 Å². The Morgan fingerprint density at radius 3 is 2.70 bits per heavy atom. The summed E-state index contributed by atoms with van der Waals surface area (Å²) in [7, 11) is 0. The number of halogens is 1. The fourth-order valence-corrected chi connectivity index (χ4v) is 1.67. The molecule has 0 amide bonds. The molecular weight excluding hydrogens is 259 g/mol. The van der Waals surface area contributed by atoms with Gasteiger partial charge in [0.2, 0.25) is 11.7 Å². The molecule has 0 aliphatic rings. The van der Waals surface area contributed by atoms with Gasteiger partial charge in [0.1, 0.15) is 11.6 Å². The standard InChI is InChI=1S/C15H17FN2O2/c1-9-5-6-10(16)7-11(9)14-17-13(20-18-14)8-12(19)15(2,3)4/h5-7H,8H2,1-4H3. The zero-order valence-electron chi connectivity index (χ0n) is 12.0. The molecule has 0 saturated heterocycles. The Kier molecular flexibility index (Phi) is 3.70. The maximum atomic E-state index is 13.3. The van der Waals surface area contributed by atoms with Crippen molar-refractivity contribution in [1.82, 2.24) is 10.1 Å². The molecule has 1 aromatic carbocycles. The third kappa shape index (κ3) is 3.10. The number of Topliss-reactive ketones (excluding diaryl/α,β-unsaturated/α-hetero) is 1. The Bertz CT molecular complexity index is 642. The minimum Gasteiger partial charge on any atom is -0.339 e. The number of hydrogen-bond donors (Lipinski definition) is 0. The van der Waals surface area contributed by atoms with E-state index in [-0.39, 0.29) is 23.9 Å². The Labute approximate surface area is 117 Å². The fraction of sp³-hybridized carbons (Fsp3) is 0.400. The van der Waals surface area contributed by atoms with Crippen LogP contribution < -0.4 is 0 Å². The summed E-state index contributed by atoms with van der Waals surface area (Å²) in [4.78, 5) is 16.1. The summed E-state index contributed by atoms with van der Waals surface area (Å²) in [6.07, 6.45) is 0.0882. The van der Waals surface area contributed by atoms with Gasteiger partial charge in [0.15, 0.2) is 0 Å². The van der Waals surface area contributed by atoms with E-state index in [9.17, 15) is 9.18 Å². The average molecular weight is 276 g/mol. The number of rotatable bonds is 3. The molecule has 0 fully saturated rings. The van der Waals surface area contributed by atoms with Gasteiger partial charge < -0.3 is 4.52 Å². The van der Waals surface area contributed by atoms with Crippen LogP contribution in [0.25, 0.3) is 11.4 Å². The van der Waals surface area contributed by atoms with Crippen LogP contribution >= 0.6 is 0 Å². The average Bonchev–Trinajstić information content (AvgIpc) is 2.79. The van der Waals surface area contributed by atoms with Gasteiger partial charge >= 0.3 is 0 Å². The molecule has 0 aliphatic heterocycles. The van der Waals surface area contributed by atoms with E-state index in [0.717, 1.165) is 5.56 Å². The number of ketones is 1. The van der Waals surface area contributed by atoms with Gasteiger partial charge in [-0.15, -0.1) is 0 Å². The molecular formula is C15H17FN2O2. The van der Waals surface area contributed by atoms with Gasteiger partial charge in [0.25, 0.3) is 0 Å². The Hall–Kier alpha value is -2.04. The minimum absolute atomic E-state index is 0.0173. The summed E-state index contributed by atoms with van der Waals surface area (Å²) in [6, 6.07) is 4.39. The second-order valence-electron chi connectivity index (χ2n) is 5.82. The first-order valence-electron chi connectivity index (χ1n) is 6.40. The number of aryl methyl sites for hydroxylation is 1. The van der Waals surface area contributed by atoms with Crippen LogP contribution in [-0.4, -0.2) is 15.9 Å². The Balaban J connectivity index is 2.25. The van der Waals surface area contributed by atoms with Gasteiger partial charge in [-0.25, -0.2) is 4.39 Å². The largest absolute Gasteiger partial charge is 0.339 e. The van der Waals surface area contributed by atoms with E-state index in [0.29, 0.717) is 11.4 Å². The van der Waals surface area contributed by atoms with Crippen LogP contribution in [0.3, 0.4) is 0 Å². The molecule has 0 spiro atoms. The molecule has 0 N–H and O–H groups in total. The van der Waals surface area contributed by atoms with Gasteiger partial charge in [-0.05, 0) is 24.6 Å². The van der Waals surface area contributed by atoms with Crippen LogP contribution in [0.2, 0.25) is 0 Å². The number of carbonyl (C=O) groups is 1. The zero-order chi connectivity index (χ0) is 14.9. The summed E-state index contributed by atoms with van der Waals surface area (Å²) in [5, 5.41) is 3.82. The molecule has 4 nitrogen and oxygen atoms in total. The Morgan fingerprint density at radius 2 is 2.05 bits per heavy atom. The molecule has 20 heavy (non-hydrogen) atoms. The number of aromatic nitrogens is 2. The van der Waals surface area contributed by atoms with Crippen LogP contribution in [0.5, 0.6) is 0 Å². The van der Waals surface area contributed by atoms with Crippen LogP contribution in [0.1, 0.15) is 32.2 Å². The first-order chi connectivity index (χ1) is 9.27. The summed E-state index contributed by atoms with van der Waals surface area (Å²) in [6.45, 7) is 7.35. The van der Waals surface area contributed by atoms with Crippen molar-refractivity contribution in [3.63, 3.8) is 0 Å². The maximum absolute atomic E-state index is 13.3. The number of benzene rings is 1. The second-order valence-corrected chi connectivity index (χ2v) is 5.82. The van der Waals surface area contributed by atoms with E-state index in [1.54, 1.807) is 6.07 Å². The highest BCUT2D eigenvalue weighted by Crippen LogP contribution is 2.23. The molecule has 1 heterocycles. The molecule has 0 bridgehead atoms. The van der Waals surface area contributed by atoms with Crippen molar-refractivity contribution in [2.24, 2.45) is 5.41 Å². The first kappa shape index (κ1) is 14.4.